The van der Waals surface area contributed by atoms with Crippen molar-refractivity contribution in [3.8, 4) is 0 Å². The lowest BCUT2D eigenvalue weighted by atomic mass is 9.98. The van der Waals surface area contributed by atoms with Crippen molar-refractivity contribution in [3.63, 3.8) is 0 Å². The Morgan fingerprint density at radius 2 is 2.33 bits per heavy atom. The SMILES string of the molecule is C=CC(C[C@@H]1CCNC1=O)NC(=O)OC(C)(C)C. The van der Waals surface area contributed by atoms with Gasteiger partial charge < -0.3 is 15.4 Å². The van der Waals surface area contributed by atoms with Crippen LogP contribution < -0.4 is 10.6 Å². The number of nitrogens with one attached hydrogen (secondary N) is 2. The van der Waals surface area contributed by atoms with Crippen LogP contribution in [0.2, 0.25) is 0 Å². The van der Waals surface area contributed by atoms with Gasteiger partial charge in [0.1, 0.15) is 5.60 Å². The summed E-state index contributed by atoms with van der Waals surface area (Å²) in [5, 5.41) is 5.48. The summed E-state index contributed by atoms with van der Waals surface area (Å²) in [5.74, 6) is -0.00391. The summed E-state index contributed by atoms with van der Waals surface area (Å²) in [5.41, 5.74) is -0.527. The first-order chi connectivity index (χ1) is 8.31. The van der Waals surface area contributed by atoms with Gasteiger partial charge >= 0.3 is 6.09 Å². The second-order valence-electron chi connectivity index (χ2n) is 5.50. The number of alkyl carbamates (subject to hydrolysis) is 1. The topological polar surface area (TPSA) is 67.4 Å². The molecule has 2 N–H and O–H groups in total. The highest BCUT2D eigenvalue weighted by atomic mass is 16.6. The normalized spacial score (nSPS) is 21.1. The van der Waals surface area contributed by atoms with Gasteiger partial charge in [0.25, 0.3) is 0 Å². The third-order valence-electron chi connectivity index (χ3n) is 2.69. The first-order valence-electron chi connectivity index (χ1n) is 6.21. The molecule has 1 heterocycles. The molecule has 0 spiro atoms. The molecular weight excluding hydrogens is 232 g/mol. The molecule has 1 aliphatic rings. The largest absolute Gasteiger partial charge is 0.444 e. The van der Waals surface area contributed by atoms with E-state index in [1.54, 1.807) is 26.8 Å². The van der Waals surface area contributed by atoms with E-state index >= 15 is 0 Å². The molecule has 1 rings (SSSR count). The molecule has 102 valence electrons. The summed E-state index contributed by atoms with van der Waals surface area (Å²) in [6, 6.07) is -0.242. The molecule has 1 fully saturated rings. The minimum Gasteiger partial charge on any atom is -0.444 e. The van der Waals surface area contributed by atoms with Crippen LogP contribution in [0.1, 0.15) is 33.6 Å². The molecule has 0 aromatic rings. The van der Waals surface area contributed by atoms with Gasteiger partial charge in [-0.3, -0.25) is 4.79 Å². The molecule has 0 aromatic carbocycles. The molecule has 0 radical (unpaired) electrons. The molecule has 1 saturated heterocycles. The van der Waals surface area contributed by atoms with Crippen molar-refractivity contribution in [2.45, 2.75) is 45.3 Å². The zero-order chi connectivity index (χ0) is 13.8. The van der Waals surface area contributed by atoms with E-state index in [-0.39, 0.29) is 17.9 Å². The minimum atomic E-state index is -0.527. The molecule has 18 heavy (non-hydrogen) atoms. The number of hydrogen-bond donors (Lipinski definition) is 2. The predicted octanol–water partition coefficient (Wildman–Crippen LogP) is 1.59. The van der Waals surface area contributed by atoms with Gasteiger partial charge in [0.05, 0.1) is 6.04 Å². The standard InChI is InChI=1S/C13H22N2O3/c1-5-10(8-9-6-7-14-11(9)16)15-12(17)18-13(2,3)4/h5,9-10H,1,6-8H2,2-4H3,(H,14,16)(H,15,17)/t9-,10?/m0/s1. The van der Waals surface area contributed by atoms with Crippen molar-refractivity contribution in [3.05, 3.63) is 12.7 Å². The zero-order valence-corrected chi connectivity index (χ0v) is 11.3. The number of amides is 2. The highest BCUT2D eigenvalue weighted by Gasteiger charge is 2.27. The van der Waals surface area contributed by atoms with Crippen molar-refractivity contribution in [1.82, 2.24) is 10.6 Å². The van der Waals surface area contributed by atoms with Crippen LogP contribution in [0.5, 0.6) is 0 Å². The first-order valence-corrected chi connectivity index (χ1v) is 6.21. The van der Waals surface area contributed by atoms with E-state index < -0.39 is 11.7 Å². The maximum Gasteiger partial charge on any atom is 0.408 e. The van der Waals surface area contributed by atoms with Crippen LogP contribution in [-0.4, -0.2) is 30.2 Å². The first kappa shape index (κ1) is 14.5. The summed E-state index contributed by atoms with van der Waals surface area (Å²) in [7, 11) is 0. The summed E-state index contributed by atoms with van der Waals surface area (Å²) in [4.78, 5) is 23.1. The average molecular weight is 254 g/mol. The second-order valence-corrected chi connectivity index (χ2v) is 5.50. The number of rotatable bonds is 4. The second kappa shape index (κ2) is 5.89. The van der Waals surface area contributed by atoms with Gasteiger partial charge in [-0.15, -0.1) is 6.58 Å². The van der Waals surface area contributed by atoms with Crippen molar-refractivity contribution < 1.29 is 14.3 Å². The Kier molecular flexibility index (Phi) is 4.76. The van der Waals surface area contributed by atoms with Gasteiger partial charge in [0.15, 0.2) is 0 Å². The Balaban J connectivity index is 2.44. The van der Waals surface area contributed by atoms with Crippen LogP contribution in [0.3, 0.4) is 0 Å². The molecule has 1 unspecified atom stereocenters. The monoisotopic (exact) mass is 254 g/mol. The van der Waals surface area contributed by atoms with Crippen molar-refractivity contribution in [2.24, 2.45) is 5.92 Å². The van der Waals surface area contributed by atoms with Crippen molar-refractivity contribution in [1.29, 1.82) is 0 Å². The van der Waals surface area contributed by atoms with Gasteiger partial charge in [-0.2, -0.15) is 0 Å². The molecule has 0 saturated carbocycles. The van der Waals surface area contributed by atoms with Gasteiger partial charge in [-0.1, -0.05) is 6.08 Å². The molecular formula is C13H22N2O3. The Morgan fingerprint density at radius 3 is 2.78 bits per heavy atom. The zero-order valence-electron chi connectivity index (χ0n) is 11.3. The third kappa shape index (κ3) is 4.77. The van der Waals surface area contributed by atoms with Crippen LogP contribution in [0.15, 0.2) is 12.7 Å². The molecule has 5 nitrogen and oxygen atoms in total. The summed E-state index contributed by atoms with van der Waals surface area (Å²) >= 11 is 0. The number of carbonyl (C=O) groups is 2. The Labute approximate surface area is 108 Å². The molecule has 0 aliphatic carbocycles. The average Bonchev–Trinajstić information content (AvgIpc) is 2.60. The lowest BCUT2D eigenvalue weighted by Gasteiger charge is -2.23. The maximum atomic E-state index is 11.6. The predicted molar refractivity (Wildman–Crippen MR) is 69.1 cm³/mol. The van der Waals surface area contributed by atoms with Gasteiger partial charge in [0, 0.05) is 12.5 Å². The highest BCUT2D eigenvalue weighted by molar-refractivity contribution is 5.80. The van der Waals surface area contributed by atoms with Crippen LogP contribution in [0, 0.1) is 5.92 Å². The van der Waals surface area contributed by atoms with E-state index in [1.807, 2.05) is 0 Å². The van der Waals surface area contributed by atoms with Crippen molar-refractivity contribution in [2.75, 3.05) is 6.54 Å². The van der Waals surface area contributed by atoms with E-state index in [4.69, 9.17) is 4.74 Å². The summed E-state index contributed by atoms with van der Waals surface area (Å²) in [6.45, 7) is 9.80. The van der Waals surface area contributed by atoms with Gasteiger partial charge in [0.2, 0.25) is 5.91 Å². The van der Waals surface area contributed by atoms with E-state index in [0.717, 1.165) is 6.42 Å². The third-order valence-corrected chi connectivity index (χ3v) is 2.69. The van der Waals surface area contributed by atoms with Crippen LogP contribution in [0.4, 0.5) is 4.79 Å². The smallest absolute Gasteiger partial charge is 0.408 e. The number of hydrogen-bond acceptors (Lipinski definition) is 3. The molecule has 2 amide bonds. The Bertz CT molecular complexity index is 334. The van der Waals surface area contributed by atoms with E-state index in [9.17, 15) is 9.59 Å². The lowest BCUT2D eigenvalue weighted by molar-refractivity contribution is -0.122. The van der Waals surface area contributed by atoms with Gasteiger partial charge in [-0.05, 0) is 33.6 Å². The van der Waals surface area contributed by atoms with Crippen molar-refractivity contribution >= 4 is 12.0 Å². The van der Waals surface area contributed by atoms with E-state index in [2.05, 4.69) is 17.2 Å². The Hall–Kier alpha value is -1.52. The molecule has 0 aromatic heterocycles. The number of ether oxygens (including phenoxy) is 1. The summed E-state index contributed by atoms with van der Waals surface area (Å²) < 4.78 is 5.16. The molecule has 1 aliphatic heterocycles. The van der Waals surface area contributed by atoms with Crippen LogP contribution in [-0.2, 0) is 9.53 Å². The van der Waals surface area contributed by atoms with E-state index in [0.29, 0.717) is 13.0 Å². The lowest BCUT2D eigenvalue weighted by Crippen LogP contribution is -2.39. The summed E-state index contributed by atoms with van der Waals surface area (Å²) in [6.07, 6.45) is 2.52. The Morgan fingerprint density at radius 1 is 1.67 bits per heavy atom. The number of carbonyl (C=O) groups excluding carboxylic acids is 2. The van der Waals surface area contributed by atoms with Crippen LogP contribution in [0.25, 0.3) is 0 Å². The quantitative estimate of drug-likeness (QED) is 0.749. The maximum absolute atomic E-state index is 11.6. The minimum absolute atomic E-state index is 0.0489. The molecule has 5 heteroatoms. The van der Waals surface area contributed by atoms with E-state index in [1.165, 1.54) is 0 Å². The fourth-order valence-corrected chi connectivity index (χ4v) is 1.85. The highest BCUT2D eigenvalue weighted by Crippen LogP contribution is 2.17. The molecule has 0 bridgehead atoms. The van der Waals surface area contributed by atoms with Crippen LogP contribution >= 0.6 is 0 Å². The molecule has 2 atom stereocenters. The fraction of sp³-hybridized carbons (Fsp3) is 0.692. The fourth-order valence-electron chi connectivity index (χ4n) is 1.85. The van der Waals surface area contributed by atoms with Gasteiger partial charge in [-0.25, -0.2) is 4.79 Å².